The first-order valence-electron chi connectivity index (χ1n) is 5.25. The van der Waals surface area contributed by atoms with Crippen LogP contribution < -0.4 is 5.32 Å². The third-order valence-corrected chi connectivity index (χ3v) is 4.06. The van der Waals surface area contributed by atoms with Gasteiger partial charge in [0.05, 0.1) is 0 Å². The number of halogens is 1. The van der Waals surface area contributed by atoms with Crippen molar-refractivity contribution in [2.45, 2.75) is 25.4 Å². The Morgan fingerprint density at radius 2 is 2.20 bits per heavy atom. The smallest absolute Gasteiger partial charge is 0.0410 e. The largest absolute Gasteiger partial charge is 0.310 e. The molecule has 0 aliphatic carbocycles. The van der Waals surface area contributed by atoms with Crippen molar-refractivity contribution in [2.24, 2.45) is 0 Å². The molecule has 2 rings (SSSR count). The fourth-order valence-corrected chi connectivity index (χ4v) is 3.24. The first kappa shape index (κ1) is 11.4. The standard InChI is InChI=1S/C11H15BrN2S/c12-10-5-9(6-13-8-10)7-14-11-1-3-15-4-2-11/h5-6,8,11,14H,1-4,7H2. The molecule has 1 aliphatic heterocycles. The van der Waals surface area contributed by atoms with Gasteiger partial charge >= 0.3 is 0 Å². The van der Waals surface area contributed by atoms with Crippen molar-refractivity contribution in [3.63, 3.8) is 0 Å². The maximum Gasteiger partial charge on any atom is 0.0410 e. The van der Waals surface area contributed by atoms with Gasteiger partial charge in [0, 0.05) is 29.5 Å². The number of thioether (sulfide) groups is 1. The van der Waals surface area contributed by atoms with Crippen LogP contribution in [0.2, 0.25) is 0 Å². The number of pyridine rings is 1. The van der Waals surface area contributed by atoms with Gasteiger partial charge in [0.1, 0.15) is 0 Å². The minimum Gasteiger partial charge on any atom is -0.310 e. The summed E-state index contributed by atoms with van der Waals surface area (Å²) in [5.74, 6) is 2.60. The summed E-state index contributed by atoms with van der Waals surface area (Å²) >= 11 is 5.50. The molecule has 2 heterocycles. The number of hydrogen-bond acceptors (Lipinski definition) is 3. The topological polar surface area (TPSA) is 24.9 Å². The lowest BCUT2D eigenvalue weighted by molar-refractivity contribution is 0.482. The summed E-state index contributed by atoms with van der Waals surface area (Å²) in [6, 6.07) is 2.82. The SMILES string of the molecule is Brc1cncc(CNC2CCSCC2)c1. The molecule has 1 aliphatic rings. The van der Waals surface area contributed by atoms with E-state index in [1.54, 1.807) is 0 Å². The Kier molecular flexibility index (Phi) is 4.47. The molecule has 1 fully saturated rings. The van der Waals surface area contributed by atoms with Crippen molar-refractivity contribution in [1.82, 2.24) is 10.3 Å². The summed E-state index contributed by atoms with van der Waals surface area (Å²) in [6.07, 6.45) is 6.34. The molecular weight excluding hydrogens is 272 g/mol. The van der Waals surface area contributed by atoms with Crippen LogP contribution in [-0.2, 0) is 6.54 Å². The summed E-state index contributed by atoms with van der Waals surface area (Å²) in [6.45, 7) is 0.932. The molecule has 1 aromatic rings. The van der Waals surface area contributed by atoms with Crippen LogP contribution in [0.1, 0.15) is 18.4 Å². The van der Waals surface area contributed by atoms with E-state index in [0.717, 1.165) is 11.0 Å². The van der Waals surface area contributed by atoms with Gasteiger partial charge in [0.2, 0.25) is 0 Å². The lowest BCUT2D eigenvalue weighted by Crippen LogP contribution is -2.32. The molecule has 0 aromatic carbocycles. The fraction of sp³-hybridized carbons (Fsp3) is 0.545. The van der Waals surface area contributed by atoms with Crippen LogP contribution in [0.4, 0.5) is 0 Å². The Morgan fingerprint density at radius 3 is 2.93 bits per heavy atom. The first-order chi connectivity index (χ1) is 7.34. The van der Waals surface area contributed by atoms with Crippen molar-refractivity contribution in [3.8, 4) is 0 Å². The summed E-state index contributed by atoms with van der Waals surface area (Å²) < 4.78 is 1.06. The van der Waals surface area contributed by atoms with Gasteiger partial charge in [-0.2, -0.15) is 11.8 Å². The van der Waals surface area contributed by atoms with Gasteiger partial charge in [0.25, 0.3) is 0 Å². The van der Waals surface area contributed by atoms with E-state index in [1.165, 1.54) is 29.9 Å². The molecule has 0 saturated carbocycles. The highest BCUT2D eigenvalue weighted by atomic mass is 79.9. The monoisotopic (exact) mass is 286 g/mol. The molecule has 1 saturated heterocycles. The highest BCUT2D eigenvalue weighted by Gasteiger charge is 2.12. The van der Waals surface area contributed by atoms with Crippen molar-refractivity contribution < 1.29 is 0 Å². The Bertz CT molecular complexity index is 313. The third kappa shape index (κ3) is 3.78. The maximum atomic E-state index is 4.16. The quantitative estimate of drug-likeness (QED) is 0.925. The minimum atomic E-state index is 0.699. The van der Waals surface area contributed by atoms with Crippen molar-refractivity contribution in [1.29, 1.82) is 0 Å². The number of rotatable bonds is 3. The van der Waals surface area contributed by atoms with E-state index >= 15 is 0 Å². The molecule has 0 bridgehead atoms. The van der Waals surface area contributed by atoms with Gasteiger partial charge in [-0.1, -0.05) is 0 Å². The average Bonchev–Trinajstić information content (AvgIpc) is 2.28. The molecule has 1 N–H and O–H groups in total. The second-order valence-electron chi connectivity index (χ2n) is 3.78. The highest BCUT2D eigenvalue weighted by Crippen LogP contribution is 2.17. The van der Waals surface area contributed by atoms with Crippen LogP contribution in [0, 0.1) is 0 Å². The number of nitrogens with one attached hydrogen (secondary N) is 1. The predicted molar refractivity (Wildman–Crippen MR) is 69.1 cm³/mol. The van der Waals surface area contributed by atoms with Crippen LogP contribution in [0.15, 0.2) is 22.9 Å². The third-order valence-electron chi connectivity index (χ3n) is 2.58. The van der Waals surface area contributed by atoms with Crippen LogP contribution in [0.5, 0.6) is 0 Å². The van der Waals surface area contributed by atoms with Gasteiger partial charge in [-0.05, 0) is 51.9 Å². The van der Waals surface area contributed by atoms with E-state index in [1.807, 2.05) is 12.4 Å². The number of hydrogen-bond donors (Lipinski definition) is 1. The number of nitrogens with zero attached hydrogens (tertiary/aromatic N) is 1. The molecule has 0 unspecified atom stereocenters. The van der Waals surface area contributed by atoms with Crippen molar-refractivity contribution in [2.75, 3.05) is 11.5 Å². The predicted octanol–water partition coefficient (Wildman–Crippen LogP) is 2.83. The van der Waals surface area contributed by atoms with Crippen molar-refractivity contribution >= 4 is 27.7 Å². The molecule has 82 valence electrons. The molecule has 2 nitrogen and oxygen atoms in total. The zero-order chi connectivity index (χ0) is 10.5. The molecule has 0 amide bonds. The lowest BCUT2D eigenvalue weighted by atomic mass is 10.1. The molecule has 1 aromatic heterocycles. The molecular formula is C11H15BrN2S. The number of aromatic nitrogens is 1. The Labute approximate surface area is 103 Å². The fourth-order valence-electron chi connectivity index (χ4n) is 1.72. The Hall–Kier alpha value is -0.0600. The Balaban J connectivity index is 1.81. The Morgan fingerprint density at radius 1 is 1.40 bits per heavy atom. The van der Waals surface area contributed by atoms with E-state index in [4.69, 9.17) is 0 Å². The zero-order valence-electron chi connectivity index (χ0n) is 8.58. The highest BCUT2D eigenvalue weighted by molar-refractivity contribution is 9.10. The van der Waals surface area contributed by atoms with Crippen LogP contribution in [0.3, 0.4) is 0 Å². The van der Waals surface area contributed by atoms with Gasteiger partial charge in [0.15, 0.2) is 0 Å². The first-order valence-corrected chi connectivity index (χ1v) is 7.20. The molecule has 4 heteroatoms. The lowest BCUT2D eigenvalue weighted by Gasteiger charge is -2.22. The summed E-state index contributed by atoms with van der Waals surface area (Å²) in [7, 11) is 0. The van der Waals surface area contributed by atoms with Gasteiger partial charge in [-0.15, -0.1) is 0 Å². The van der Waals surface area contributed by atoms with E-state index in [2.05, 4.69) is 44.1 Å². The molecule has 0 atom stereocenters. The normalized spacial score (nSPS) is 17.9. The van der Waals surface area contributed by atoms with Gasteiger partial charge in [-0.3, -0.25) is 4.98 Å². The zero-order valence-corrected chi connectivity index (χ0v) is 11.0. The van der Waals surface area contributed by atoms with Crippen LogP contribution in [0.25, 0.3) is 0 Å². The van der Waals surface area contributed by atoms with Crippen LogP contribution in [-0.4, -0.2) is 22.5 Å². The second-order valence-corrected chi connectivity index (χ2v) is 5.92. The molecule has 0 spiro atoms. The summed E-state index contributed by atoms with van der Waals surface area (Å²) in [4.78, 5) is 4.16. The van der Waals surface area contributed by atoms with Crippen molar-refractivity contribution in [3.05, 3.63) is 28.5 Å². The molecule has 0 radical (unpaired) electrons. The maximum absolute atomic E-state index is 4.16. The van der Waals surface area contributed by atoms with E-state index in [9.17, 15) is 0 Å². The van der Waals surface area contributed by atoms with Crippen LogP contribution >= 0.6 is 27.7 Å². The van der Waals surface area contributed by atoms with E-state index in [0.29, 0.717) is 6.04 Å². The summed E-state index contributed by atoms with van der Waals surface area (Å²) in [5.41, 5.74) is 1.25. The van der Waals surface area contributed by atoms with Gasteiger partial charge < -0.3 is 5.32 Å². The summed E-state index contributed by atoms with van der Waals surface area (Å²) in [5, 5.41) is 3.59. The van der Waals surface area contributed by atoms with Gasteiger partial charge in [-0.25, -0.2) is 0 Å². The average molecular weight is 287 g/mol. The van der Waals surface area contributed by atoms with E-state index < -0.39 is 0 Å². The minimum absolute atomic E-state index is 0.699. The molecule has 15 heavy (non-hydrogen) atoms. The van der Waals surface area contributed by atoms with E-state index in [-0.39, 0.29) is 0 Å². The second kappa shape index (κ2) is 5.87.